The molecule has 1 aromatic rings. The highest BCUT2D eigenvalue weighted by molar-refractivity contribution is 6.18. The molecule has 2 rings (SSSR count). The topological polar surface area (TPSA) is 78.9 Å². The van der Waals surface area contributed by atoms with Crippen LogP contribution in [0.4, 0.5) is 0 Å². The molecular formula is C17H16O6. The van der Waals surface area contributed by atoms with Crippen molar-refractivity contribution >= 4 is 30.1 Å². The molecule has 0 aromatic heterocycles. The first-order valence-electron chi connectivity index (χ1n) is 6.85. The summed E-state index contributed by atoms with van der Waals surface area (Å²) in [6.07, 6.45) is 4.29. The molecule has 0 radical (unpaired) electrons. The van der Waals surface area contributed by atoms with Crippen LogP contribution in [0.2, 0.25) is 0 Å². The lowest BCUT2D eigenvalue weighted by Crippen LogP contribution is -2.41. The first kappa shape index (κ1) is 16.5. The maximum absolute atomic E-state index is 11.8. The highest BCUT2D eigenvalue weighted by atomic mass is 16.7. The Morgan fingerprint density at radius 1 is 1.04 bits per heavy atom. The molecule has 6 heteroatoms. The third-order valence-corrected chi connectivity index (χ3v) is 2.98. The molecule has 1 aliphatic heterocycles. The molecule has 0 bridgehead atoms. The van der Waals surface area contributed by atoms with Gasteiger partial charge in [-0.3, -0.25) is 0 Å². The van der Waals surface area contributed by atoms with Crippen molar-refractivity contribution in [3.05, 3.63) is 47.0 Å². The maximum atomic E-state index is 11.8. The van der Waals surface area contributed by atoms with Crippen molar-refractivity contribution in [3.63, 3.8) is 0 Å². The zero-order valence-electron chi connectivity index (χ0n) is 13.0. The Labute approximate surface area is 133 Å². The molecule has 1 aliphatic rings. The number of methoxy groups -OCH3 is 1. The number of esters is 3. The SMILES string of the molecule is COC(=O)C=Cc1ccc(C=C2C(=O)OC(C)(C)OC2=O)cc1. The summed E-state index contributed by atoms with van der Waals surface area (Å²) < 4.78 is 14.5. The number of hydrogen-bond donors (Lipinski definition) is 0. The zero-order valence-corrected chi connectivity index (χ0v) is 13.0. The van der Waals surface area contributed by atoms with E-state index < -0.39 is 23.7 Å². The van der Waals surface area contributed by atoms with Gasteiger partial charge in [0.1, 0.15) is 5.57 Å². The van der Waals surface area contributed by atoms with Crippen LogP contribution in [0.3, 0.4) is 0 Å². The quantitative estimate of drug-likeness (QED) is 0.483. The fraction of sp³-hybridized carbons (Fsp3) is 0.235. The lowest BCUT2D eigenvalue weighted by Gasteiger charge is -2.29. The van der Waals surface area contributed by atoms with Crippen molar-refractivity contribution < 1.29 is 28.6 Å². The summed E-state index contributed by atoms with van der Waals surface area (Å²) in [7, 11) is 1.30. The molecule has 1 fully saturated rings. The Bertz CT molecular complexity index is 672. The third kappa shape index (κ3) is 4.29. The number of carbonyl (C=O) groups excluding carboxylic acids is 3. The summed E-state index contributed by atoms with van der Waals surface area (Å²) in [6.45, 7) is 2.98. The van der Waals surface area contributed by atoms with Crippen molar-refractivity contribution in [2.24, 2.45) is 0 Å². The molecule has 1 aromatic carbocycles. The number of carbonyl (C=O) groups is 3. The predicted molar refractivity (Wildman–Crippen MR) is 81.7 cm³/mol. The summed E-state index contributed by atoms with van der Waals surface area (Å²) in [4.78, 5) is 34.7. The number of rotatable bonds is 3. The van der Waals surface area contributed by atoms with E-state index in [1.54, 1.807) is 30.3 Å². The molecule has 120 valence electrons. The van der Waals surface area contributed by atoms with Crippen LogP contribution in [0, 0.1) is 0 Å². The van der Waals surface area contributed by atoms with Crippen LogP contribution in [-0.4, -0.2) is 30.8 Å². The van der Waals surface area contributed by atoms with E-state index in [1.165, 1.54) is 33.1 Å². The number of ether oxygens (including phenoxy) is 3. The number of hydrogen-bond acceptors (Lipinski definition) is 6. The number of benzene rings is 1. The van der Waals surface area contributed by atoms with Crippen LogP contribution in [0.25, 0.3) is 12.2 Å². The van der Waals surface area contributed by atoms with Crippen molar-refractivity contribution in [3.8, 4) is 0 Å². The minimum atomic E-state index is -1.26. The summed E-state index contributed by atoms with van der Waals surface area (Å²) in [5.74, 6) is -3.15. The summed E-state index contributed by atoms with van der Waals surface area (Å²) in [5, 5.41) is 0. The fourth-order valence-corrected chi connectivity index (χ4v) is 1.88. The van der Waals surface area contributed by atoms with Crippen molar-refractivity contribution in [2.45, 2.75) is 19.6 Å². The van der Waals surface area contributed by atoms with Gasteiger partial charge in [-0.1, -0.05) is 24.3 Å². The average Bonchev–Trinajstić information content (AvgIpc) is 2.48. The van der Waals surface area contributed by atoms with Gasteiger partial charge in [-0.2, -0.15) is 0 Å². The van der Waals surface area contributed by atoms with Gasteiger partial charge in [0.2, 0.25) is 0 Å². The fourth-order valence-electron chi connectivity index (χ4n) is 1.88. The van der Waals surface area contributed by atoms with Gasteiger partial charge in [0.15, 0.2) is 0 Å². The van der Waals surface area contributed by atoms with E-state index in [4.69, 9.17) is 9.47 Å². The Hall–Kier alpha value is -2.89. The van der Waals surface area contributed by atoms with Gasteiger partial charge in [-0.15, -0.1) is 0 Å². The Balaban J connectivity index is 2.17. The van der Waals surface area contributed by atoms with E-state index in [0.717, 1.165) is 5.56 Å². The highest BCUT2D eigenvalue weighted by Gasteiger charge is 2.38. The van der Waals surface area contributed by atoms with Crippen LogP contribution in [0.5, 0.6) is 0 Å². The first-order valence-corrected chi connectivity index (χ1v) is 6.85. The molecule has 0 atom stereocenters. The largest absolute Gasteiger partial charge is 0.466 e. The molecule has 0 spiro atoms. The molecule has 0 aliphatic carbocycles. The maximum Gasteiger partial charge on any atom is 0.348 e. The second-order valence-corrected chi connectivity index (χ2v) is 5.26. The molecule has 1 saturated heterocycles. The summed E-state index contributed by atoms with van der Waals surface area (Å²) >= 11 is 0. The van der Waals surface area contributed by atoms with Gasteiger partial charge in [0.05, 0.1) is 7.11 Å². The van der Waals surface area contributed by atoms with Gasteiger partial charge in [0, 0.05) is 19.9 Å². The Morgan fingerprint density at radius 3 is 2.09 bits per heavy atom. The standard InChI is InChI=1S/C17H16O6/c1-17(2)22-15(19)13(16(20)23-17)10-12-6-4-11(5-7-12)8-9-14(18)21-3/h4-10H,1-3H3. The average molecular weight is 316 g/mol. The Morgan fingerprint density at radius 2 is 1.57 bits per heavy atom. The van der Waals surface area contributed by atoms with Gasteiger partial charge >= 0.3 is 17.9 Å². The van der Waals surface area contributed by atoms with Crippen LogP contribution in [0.1, 0.15) is 25.0 Å². The summed E-state index contributed by atoms with van der Waals surface area (Å²) in [6, 6.07) is 6.86. The molecule has 0 N–H and O–H groups in total. The lowest BCUT2D eigenvalue weighted by atomic mass is 10.1. The molecule has 1 heterocycles. The lowest BCUT2D eigenvalue weighted by molar-refractivity contribution is -0.222. The molecule has 0 unspecified atom stereocenters. The second-order valence-electron chi connectivity index (χ2n) is 5.26. The minimum absolute atomic E-state index is 0.165. The number of cyclic esters (lactones) is 2. The first-order chi connectivity index (χ1) is 10.8. The van der Waals surface area contributed by atoms with E-state index in [1.807, 2.05) is 0 Å². The molecular weight excluding hydrogens is 300 g/mol. The van der Waals surface area contributed by atoms with Gasteiger partial charge in [-0.25, -0.2) is 14.4 Å². The molecule has 6 nitrogen and oxygen atoms in total. The smallest absolute Gasteiger partial charge is 0.348 e. The minimum Gasteiger partial charge on any atom is -0.466 e. The van der Waals surface area contributed by atoms with Crippen LogP contribution >= 0.6 is 0 Å². The third-order valence-electron chi connectivity index (χ3n) is 2.98. The molecule has 23 heavy (non-hydrogen) atoms. The van der Waals surface area contributed by atoms with Gasteiger partial charge < -0.3 is 14.2 Å². The molecule has 0 saturated carbocycles. The highest BCUT2D eigenvalue weighted by Crippen LogP contribution is 2.24. The van der Waals surface area contributed by atoms with E-state index in [9.17, 15) is 14.4 Å². The molecule has 0 amide bonds. The van der Waals surface area contributed by atoms with E-state index >= 15 is 0 Å². The van der Waals surface area contributed by atoms with Gasteiger partial charge in [0.25, 0.3) is 5.79 Å². The van der Waals surface area contributed by atoms with E-state index in [0.29, 0.717) is 5.56 Å². The van der Waals surface area contributed by atoms with Crippen LogP contribution in [0.15, 0.2) is 35.9 Å². The van der Waals surface area contributed by atoms with Crippen LogP contribution < -0.4 is 0 Å². The zero-order chi connectivity index (χ0) is 17.0. The monoisotopic (exact) mass is 316 g/mol. The van der Waals surface area contributed by atoms with Crippen molar-refractivity contribution in [1.29, 1.82) is 0 Å². The van der Waals surface area contributed by atoms with Crippen molar-refractivity contribution in [1.82, 2.24) is 0 Å². The second kappa shape index (κ2) is 6.48. The van der Waals surface area contributed by atoms with Crippen LogP contribution in [-0.2, 0) is 28.6 Å². The summed E-state index contributed by atoms with van der Waals surface area (Å²) in [5.41, 5.74) is 1.23. The van der Waals surface area contributed by atoms with Gasteiger partial charge in [-0.05, 0) is 23.3 Å². The Kier molecular flexibility index (Phi) is 4.64. The normalized spacial score (nSPS) is 16.7. The predicted octanol–water partition coefficient (Wildman–Crippen LogP) is 2.09. The van der Waals surface area contributed by atoms with E-state index in [2.05, 4.69) is 4.74 Å². The van der Waals surface area contributed by atoms with E-state index in [-0.39, 0.29) is 5.57 Å². The van der Waals surface area contributed by atoms with Crippen molar-refractivity contribution in [2.75, 3.05) is 7.11 Å².